The minimum atomic E-state index is -4.41. The van der Waals surface area contributed by atoms with Crippen LogP contribution in [0.25, 0.3) is 16.8 Å². The number of sulfonamides is 1. The largest absolute Gasteiger partial charge is 0.372 e. The monoisotopic (exact) mass is 761 g/mol. The summed E-state index contributed by atoms with van der Waals surface area (Å²) >= 11 is 12.7. The van der Waals surface area contributed by atoms with Gasteiger partial charge in [0.1, 0.15) is 24.2 Å². The van der Waals surface area contributed by atoms with Crippen molar-refractivity contribution >= 4 is 50.7 Å². The van der Waals surface area contributed by atoms with Crippen LogP contribution in [-0.2, 0) is 32.4 Å². The summed E-state index contributed by atoms with van der Waals surface area (Å²) in [6.45, 7) is 4.05. The molecule has 1 heterocycles. The van der Waals surface area contributed by atoms with Gasteiger partial charge in [0.15, 0.2) is 0 Å². The average molecular weight is 763 g/mol. The first-order valence-corrected chi connectivity index (χ1v) is 18.6. The Hall–Kier alpha value is -5.06. The van der Waals surface area contributed by atoms with Gasteiger partial charge >= 0.3 is 0 Å². The van der Waals surface area contributed by atoms with Crippen molar-refractivity contribution in [1.29, 1.82) is 5.26 Å². The number of aromatic nitrogens is 2. The molecule has 4 aromatic carbocycles. The normalized spacial score (nSPS) is 11.2. The molecular weight excluding hydrogens is 728 g/mol. The highest BCUT2D eigenvalue weighted by Crippen LogP contribution is 2.32. The molecule has 0 atom stereocenters. The molecule has 0 fully saturated rings. The van der Waals surface area contributed by atoms with Crippen LogP contribution in [0, 0.1) is 17.1 Å². The molecule has 0 aliphatic heterocycles. The second-order valence-electron chi connectivity index (χ2n) is 11.6. The molecule has 0 saturated heterocycles. The van der Waals surface area contributed by atoms with Crippen LogP contribution < -0.4 is 10.0 Å². The number of carbonyl (C=O) groups is 2. The number of nitrogens with zero attached hydrogens (tertiary/aromatic N) is 3. The molecule has 5 rings (SSSR count). The first-order valence-electron chi connectivity index (χ1n) is 16.3. The van der Waals surface area contributed by atoms with E-state index < -0.39 is 21.7 Å². The fourth-order valence-corrected chi connectivity index (χ4v) is 7.14. The van der Waals surface area contributed by atoms with E-state index in [0.717, 1.165) is 12.8 Å². The van der Waals surface area contributed by atoms with Gasteiger partial charge in [-0.25, -0.2) is 22.2 Å². The van der Waals surface area contributed by atoms with E-state index in [4.69, 9.17) is 33.0 Å². The zero-order valence-corrected chi connectivity index (χ0v) is 30.6. The van der Waals surface area contributed by atoms with Crippen molar-refractivity contribution in [1.82, 2.24) is 14.5 Å². The van der Waals surface area contributed by atoms with Crippen LogP contribution in [0.4, 0.5) is 10.1 Å². The highest BCUT2D eigenvalue weighted by atomic mass is 35.5. The molecule has 10 nitrogen and oxygen atoms in total. The number of unbranched alkanes of at least 4 members (excludes halogenated alkanes) is 1. The quantitative estimate of drug-likeness (QED) is 0.117. The Labute approximate surface area is 311 Å². The fourth-order valence-electron chi connectivity index (χ4n) is 5.53. The van der Waals surface area contributed by atoms with Crippen LogP contribution >= 0.6 is 23.2 Å². The topological polar surface area (TPSA) is 143 Å². The highest BCUT2D eigenvalue weighted by Gasteiger charge is 2.25. The maximum absolute atomic E-state index is 16.0. The maximum atomic E-state index is 16.0. The number of hydrogen-bond donors (Lipinski definition) is 2. The zero-order chi connectivity index (χ0) is 37.4. The lowest BCUT2D eigenvalue weighted by molar-refractivity contribution is -0.120. The second kappa shape index (κ2) is 17.0. The van der Waals surface area contributed by atoms with Crippen molar-refractivity contribution in [2.75, 3.05) is 18.5 Å². The first-order chi connectivity index (χ1) is 25.0. The van der Waals surface area contributed by atoms with Crippen LogP contribution in [0.15, 0.2) is 89.8 Å². The Balaban J connectivity index is 1.48. The van der Waals surface area contributed by atoms with E-state index in [1.807, 2.05) is 6.92 Å². The van der Waals surface area contributed by atoms with Crippen molar-refractivity contribution < 1.29 is 27.1 Å². The number of benzene rings is 4. The predicted molar refractivity (Wildman–Crippen MR) is 198 cm³/mol. The van der Waals surface area contributed by atoms with Gasteiger partial charge < -0.3 is 10.1 Å². The van der Waals surface area contributed by atoms with Crippen molar-refractivity contribution in [3.63, 3.8) is 0 Å². The molecule has 2 N–H and O–H groups in total. The fraction of sp³-hybridized carbons (Fsp3) is 0.211. The van der Waals surface area contributed by atoms with E-state index in [9.17, 15) is 23.3 Å². The number of rotatable bonds is 14. The number of aryl methyl sites for hydroxylation is 1. The van der Waals surface area contributed by atoms with E-state index in [1.54, 1.807) is 49.4 Å². The predicted octanol–water partition coefficient (Wildman–Crippen LogP) is 7.88. The molecule has 2 amide bonds. The molecule has 0 unspecified atom stereocenters. The SMILES string of the molecule is CCCCc1nn(-c2cc(NC(=O)COCC)ccc2Cl)c(C#N)c1Cc1ccc(-c2ccccc2S(=O)(=O)NC(=O)c2ccccc2Cl)cc1F. The molecule has 0 bridgehead atoms. The van der Waals surface area contributed by atoms with Crippen molar-refractivity contribution in [2.45, 2.75) is 44.4 Å². The molecule has 1 aromatic heterocycles. The van der Waals surface area contributed by atoms with Crippen LogP contribution in [0.3, 0.4) is 0 Å². The Bertz CT molecular complexity index is 2290. The molecular formula is C38H34Cl2FN5O5S. The lowest BCUT2D eigenvalue weighted by atomic mass is 9.97. The van der Waals surface area contributed by atoms with E-state index >= 15 is 4.39 Å². The molecule has 0 aliphatic carbocycles. The molecule has 0 spiro atoms. The third kappa shape index (κ3) is 8.69. The smallest absolute Gasteiger partial charge is 0.266 e. The summed E-state index contributed by atoms with van der Waals surface area (Å²) in [5, 5.41) is 18.2. The molecule has 52 heavy (non-hydrogen) atoms. The maximum Gasteiger partial charge on any atom is 0.266 e. The van der Waals surface area contributed by atoms with Crippen molar-refractivity contribution in [3.05, 3.63) is 129 Å². The molecule has 0 radical (unpaired) electrons. The van der Waals surface area contributed by atoms with Crippen molar-refractivity contribution in [2.24, 2.45) is 0 Å². The third-order valence-corrected chi connectivity index (χ3v) is 10.1. The summed E-state index contributed by atoms with van der Waals surface area (Å²) < 4.78 is 51.5. The number of nitrogens with one attached hydrogen (secondary N) is 2. The Morgan fingerprint density at radius 2 is 1.73 bits per heavy atom. The summed E-state index contributed by atoms with van der Waals surface area (Å²) in [5.74, 6) is -1.91. The number of halogens is 3. The van der Waals surface area contributed by atoms with Gasteiger partial charge in [0.05, 0.1) is 31.9 Å². The number of carbonyl (C=O) groups excluding carboxylic acids is 2. The van der Waals surface area contributed by atoms with Crippen LogP contribution in [0.2, 0.25) is 10.0 Å². The van der Waals surface area contributed by atoms with Crippen molar-refractivity contribution in [3.8, 4) is 22.9 Å². The van der Waals surface area contributed by atoms with E-state index in [-0.39, 0.29) is 61.8 Å². The van der Waals surface area contributed by atoms with Gasteiger partial charge in [0, 0.05) is 29.8 Å². The van der Waals surface area contributed by atoms with Gasteiger partial charge in [-0.3, -0.25) is 9.59 Å². The van der Waals surface area contributed by atoms with E-state index in [2.05, 4.69) is 16.1 Å². The molecule has 268 valence electrons. The lowest BCUT2D eigenvalue weighted by Gasteiger charge is -2.13. The van der Waals surface area contributed by atoms with E-state index in [0.29, 0.717) is 35.7 Å². The minimum Gasteiger partial charge on any atom is -0.372 e. The van der Waals surface area contributed by atoms with Crippen LogP contribution in [0.1, 0.15) is 59.6 Å². The lowest BCUT2D eigenvalue weighted by Crippen LogP contribution is -2.31. The first kappa shape index (κ1) is 38.2. The summed E-state index contributed by atoms with van der Waals surface area (Å²) in [6, 6.07) is 23.3. The Morgan fingerprint density at radius 1 is 0.981 bits per heavy atom. The molecule has 0 aliphatic rings. The van der Waals surface area contributed by atoms with Crippen LogP contribution in [0.5, 0.6) is 0 Å². The Morgan fingerprint density at radius 3 is 2.44 bits per heavy atom. The van der Waals surface area contributed by atoms with Gasteiger partial charge in [-0.15, -0.1) is 0 Å². The highest BCUT2D eigenvalue weighted by molar-refractivity contribution is 7.90. The molecule has 0 saturated carbocycles. The van der Waals surface area contributed by atoms with E-state index in [1.165, 1.54) is 47.1 Å². The van der Waals surface area contributed by atoms with Crippen LogP contribution in [-0.4, -0.2) is 43.2 Å². The summed E-state index contributed by atoms with van der Waals surface area (Å²) in [7, 11) is -4.41. The number of anilines is 1. The average Bonchev–Trinajstić information content (AvgIpc) is 3.47. The summed E-state index contributed by atoms with van der Waals surface area (Å²) in [5.41, 5.74) is 2.68. The number of hydrogen-bond acceptors (Lipinski definition) is 7. The second-order valence-corrected chi connectivity index (χ2v) is 14.1. The molecule has 14 heteroatoms. The van der Waals surface area contributed by atoms with Gasteiger partial charge in [0.2, 0.25) is 5.91 Å². The number of ether oxygens (including phenoxy) is 1. The van der Waals surface area contributed by atoms with Gasteiger partial charge in [-0.2, -0.15) is 10.4 Å². The minimum absolute atomic E-state index is 0.00426. The standard InChI is InChI=1S/C38H34Cl2FN5O5S/c1-3-5-13-33-29(35(22-42)46(44-33)34-21-26(17-18-31(34)40)43-37(47)23-51-4-2)19-25-16-15-24(20-32(25)41)27-10-7-9-14-36(27)52(49,50)45-38(48)28-11-6-8-12-30(28)39/h6-12,14-18,20-21H,3-5,13,19,23H2,1-2H3,(H,43,47)(H,45,48). The van der Waals surface area contributed by atoms with Gasteiger partial charge in [-0.1, -0.05) is 79.0 Å². The number of nitriles is 1. The molecule has 5 aromatic rings. The summed E-state index contributed by atoms with van der Waals surface area (Å²) in [4.78, 5) is 24.9. The third-order valence-electron chi connectivity index (χ3n) is 8.09. The Kier molecular flexibility index (Phi) is 12.5. The zero-order valence-electron chi connectivity index (χ0n) is 28.3. The summed E-state index contributed by atoms with van der Waals surface area (Å²) in [6.07, 6.45) is 2.13. The number of amides is 2. The van der Waals surface area contributed by atoms with Gasteiger partial charge in [-0.05, 0) is 73.4 Å². The van der Waals surface area contributed by atoms with Gasteiger partial charge in [0.25, 0.3) is 15.9 Å².